The van der Waals surface area contributed by atoms with E-state index in [-0.39, 0.29) is 11.8 Å². The zero-order valence-corrected chi connectivity index (χ0v) is 12.8. The van der Waals surface area contributed by atoms with Gasteiger partial charge in [-0.3, -0.25) is 14.9 Å². The minimum Gasteiger partial charge on any atom is -0.343 e. The van der Waals surface area contributed by atoms with E-state index in [0.717, 1.165) is 25.9 Å². The monoisotopic (exact) mass is 308 g/mol. The van der Waals surface area contributed by atoms with Gasteiger partial charge in [0.1, 0.15) is 6.04 Å². The molecule has 7 nitrogen and oxygen atoms in total. The number of rotatable bonds is 4. The third kappa shape index (κ3) is 3.40. The van der Waals surface area contributed by atoms with Crippen molar-refractivity contribution in [3.8, 4) is 0 Å². The summed E-state index contributed by atoms with van der Waals surface area (Å²) in [6.45, 7) is 4.02. The summed E-state index contributed by atoms with van der Waals surface area (Å²) in [5.74, 6) is -0.237. The summed E-state index contributed by atoms with van der Waals surface area (Å²) in [5, 5.41) is 4.72. The van der Waals surface area contributed by atoms with Crippen LogP contribution in [0.5, 0.6) is 0 Å². The minimum atomic E-state index is -0.557. The summed E-state index contributed by atoms with van der Waals surface area (Å²) in [4.78, 5) is 39.2. The summed E-state index contributed by atoms with van der Waals surface area (Å²) < 4.78 is 0. The molecule has 2 N–H and O–H groups in total. The number of hydrogen-bond donors (Lipinski definition) is 2. The number of carbonyl (C=O) groups is 3. The molecule has 4 amide bonds. The molecule has 0 aromatic heterocycles. The fourth-order valence-corrected chi connectivity index (χ4v) is 3.68. The van der Waals surface area contributed by atoms with Gasteiger partial charge in [0.2, 0.25) is 5.91 Å². The van der Waals surface area contributed by atoms with Crippen LogP contribution in [0.15, 0.2) is 0 Å². The Morgan fingerprint density at radius 3 is 2.36 bits per heavy atom. The number of imide groups is 1. The molecule has 3 saturated heterocycles. The Balaban J connectivity index is 1.40. The first-order chi connectivity index (χ1) is 10.6. The van der Waals surface area contributed by atoms with Gasteiger partial charge in [-0.2, -0.15) is 0 Å². The number of likely N-dealkylation sites (tertiary alicyclic amines) is 2. The molecule has 0 radical (unpaired) electrons. The topological polar surface area (TPSA) is 81.8 Å². The lowest BCUT2D eigenvalue weighted by Gasteiger charge is -2.36. The molecule has 0 bridgehead atoms. The van der Waals surface area contributed by atoms with Crippen molar-refractivity contribution in [2.24, 2.45) is 0 Å². The highest BCUT2D eigenvalue weighted by molar-refractivity contribution is 6.04. The van der Waals surface area contributed by atoms with Gasteiger partial charge < -0.3 is 15.1 Å². The first kappa shape index (κ1) is 15.3. The van der Waals surface area contributed by atoms with E-state index in [4.69, 9.17) is 0 Å². The average molecular weight is 308 g/mol. The first-order valence-electron chi connectivity index (χ1n) is 8.26. The third-order valence-electron chi connectivity index (χ3n) is 4.98. The predicted octanol–water partition coefficient (Wildman–Crippen LogP) is 0.0614. The van der Waals surface area contributed by atoms with Crippen LogP contribution in [-0.2, 0) is 9.59 Å². The molecule has 0 unspecified atom stereocenters. The predicted molar refractivity (Wildman–Crippen MR) is 80.1 cm³/mol. The second kappa shape index (κ2) is 6.64. The first-order valence-corrected chi connectivity index (χ1v) is 8.26. The van der Waals surface area contributed by atoms with Crippen LogP contribution in [0, 0.1) is 0 Å². The quantitative estimate of drug-likeness (QED) is 0.720. The fourth-order valence-electron chi connectivity index (χ4n) is 3.68. The molecule has 7 heteroatoms. The maximum absolute atomic E-state index is 12.2. The SMILES string of the molecule is O=C1NC(=O)[C@H](CCC(=O)N2CCC(N3CCCC3)CC2)N1. The highest BCUT2D eigenvalue weighted by Crippen LogP contribution is 2.21. The highest BCUT2D eigenvalue weighted by atomic mass is 16.2. The van der Waals surface area contributed by atoms with Crippen molar-refractivity contribution in [3.05, 3.63) is 0 Å². The van der Waals surface area contributed by atoms with Crippen molar-refractivity contribution >= 4 is 17.8 Å². The summed E-state index contributed by atoms with van der Waals surface area (Å²) >= 11 is 0. The van der Waals surface area contributed by atoms with Crippen molar-refractivity contribution in [1.29, 1.82) is 0 Å². The van der Waals surface area contributed by atoms with E-state index in [1.54, 1.807) is 0 Å². The zero-order chi connectivity index (χ0) is 15.5. The Morgan fingerprint density at radius 2 is 1.77 bits per heavy atom. The maximum Gasteiger partial charge on any atom is 0.322 e. The lowest BCUT2D eigenvalue weighted by atomic mass is 10.0. The molecule has 3 aliphatic rings. The summed E-state index contributed by atoms with van der Waals surface area (Å²) in [6, 6.07) is -0.390. The zero-order valence-electron chi connectivity index (χ0n) is 12.8. The van der Waals surface area contributed by atoms with Crippen LogP contribution >= 0.6 is 0 Å². The maximum atomic E-state index is 12.2. The summed E-state index contributed by atoms with van der Waals surface area (Å²) in [6.07, 6.45) is 5.39. The molecule has 0 aromatic carbocycles. The van der Waals surface area contributed by atoms with E-state index in [0.29, 0.717) is 18.9 Å². The van der Waals surface area contributed by atoms with Crippen LogP contribution in [0.1, 0.15) is 38.5 Å². The van der Waals surface area contributed by atoms with Crippen molar-refractivity contribution < 1.29 is 14.4 Å². The standard InChI is InChI=1S/C15H24N4O3/c20-13(4-3-12-14(21)17-15(22)16-12)19-9-5-11(6-10-19)18-7-1-2-8-18/h11-12H,1-10H2,(H2,16,17,21,22)/t12-/m0/s1. The molecule has 3 fully saturated rings. The molecule has 3 rings (SSSR count). The fraction of sp³-hybridized carbons (Fsp3) is 0.800. The van der Waals surface area contributed by atoms with E-state index in [9.17, 15) is 14.4 Å². The van der Waals surface area contributed by atoms with E-state index >= 15 is 0 Å². The summed E-state index contributed by atoms with van der Waals surface area (Å²) in [5.41, 5.74) is 0. The van der Waals surface area contributed by atoms with Crippen molar-refractivity contribution in [1.82, 2.24) is 20.4 Å². The smallest absolute Gasteiger partial charge is 0.322 e. The lowest BCUT2D eigenvalue weighted by Crippen LogP contribution is -2.46. The largest absolute Gasteiger partial charge is 0.343 e. The molecule has 0 aliphatic carbocycles. The molecule has 3 aliphatic heterocycles. The number of urea groups is 1. The van der Waals surface area contributed by atoms with Crippen LogP contribution in [-0.4, -0.2) is 65.9 Å². The van der Waals surface area contributed by atoms with Gasteiger partial charge in [-0.05, 0) is 45.2 Å². The molecule has 122 valence electrons. The Morgan fingerprint density at radius 1 is 1.09 bits per heavy atom. The van der Waals surface area contributed by atoms with Gasteiger partial charge in [-0.15, -0.1) is 0 Å². The van der Waals surface area contributed by atoms with E-state index in [1.165, 1.54) is 25.9 Å². The molecule has 1 atom stereocenters. The molecular weight excluding hydrogens is 284 g/mol. The van der Waals surface area contributed by atoms with Gasteiger partial charge in [0.25, 0.3) is 5.91 Å². The molecule has 0 spiro atoms. The van der Waals surface area contributed by atoms with Gasteiger partial charge in [0, 0.05) is 25.6 Å². The number of nitrogens with zero attached hydrogens (tertiary/aromatic N) is 2. The molecule has 22 heavy (non-hydrogen) atoms. The average Bonchev–Trinajstić information content (AvgIpc) is 3.15. The number of nitrogens with one attached hydrogen (secondary N) is 2. The Kier molecular flexibility index (Phi) is 4.61. The Bertz CT molecular complexity index is 454. The van der Waals surface area contributed by atoms with Gasteiger partial charge in [-0.1, -0.05) is 0 Å². The number of piperidine rings is 1. The van der Waals surface area contributed by atoms with E-state index in [2.05, 4.69) is 15.5 Å². The number of carbonyl (C=O) groups excluding carboxylic acids is 3. The minimum absolute atomic E-state index is 0.0915. The third-order valence-corrected chi connectivity index (χ3v) is 4.98. The van der Waals surface area contributed by atoms with E-state index < -0.39 is 12.1 Å². The molecular formula is C15H24N4O3. The normalized spacial score (nSPS) is 27.1. The second-order valence-corrected chi connectivity index (χ2v) is 6.41. The van der Waals surface area contributed by atoms with E-state index in [1.807, 2.05) is 4.90 Å². The lowest BCUT2D eigenvalue weighted by molar-refractivity contribution is -0.133. The number of amides is 4. The Hall–Kier alpha value is -1.63. The van der Waals surface area contributed by atoms with Crippen molar-refractivity contribution in [2.75, 3.05) is 26.2 Å². The Labute approximate surface area is 130 Å². The van der Waals surface area contributed by atoms with Crippen LogP contribution in [0.4, 0.5) is 4.79 Å². The van der Waals surface area contributed by atoms with Gasteiger partial charge >= 0.3 is 6.03 Å². The number of hydrogen-bond acceptors (Lipinski definition) is 4. The molecule has 3 heterocycles. The molecule has 0 saturated carbocycles. The van der Waals surface area contributed by atoms with Gasteiger partial charge in [0.15, 0.2) is 0 Å². The van der Waals surface area contributed by atoms with Crippen molar-refractivity contribution in [3.63, 3.8) is 0 Å². The van der Waals surface area contributed by atoms with Crippen LogP contribution in [0.3, 0.4) is 0 Å². The second-order valence-electron chi connectivity index (χ2n) is 6.41. The van der Waals surface area contributed by atoms with Gasteiger partial charge in [0.05, 0.1) is 0 Å². The molecule has 0 aromatic rings. The van der Waals surface area contributed by atoms with Gasteiger partial charge in [-0.25, -0.2) is 4.79 Å². The van der Waals surface area contributed by atoms with Crippen LogP contribution in [0.25, 0.3) is 0 Å². The van der Waals surface area contributed by atoms with Crippen LogP contribution in [0.2, 0.25) is 0 Å². The van der Waals surface area contributed by atoms with Crippen LogP contribution < -0.4 is 10.6 Å². The highest BCUT2D eigenvalue weighted by Gasteiger charge is 2.31. The summed E-state index contributed by atoms with van der Waals surface area (Å²) in [7, 11) is 0. The van der Waals surface area contributed by atoms with Crippen molar-refractivity contribution in [2.45, 2.75) is 50.6 Å².